The van der Waals surface area contributed by atoms with Gasteiger partial charge in [0.2, 0.25) is 0 Å². The number of halogens is 1. The monoisotopic (exact) mass is 331 g/mol. The van der Waals surface area contributed by atoms with Gasteiger partial charge < -0.3 is 14.4 Å². The van der Waals surface area contributed by atoms with Crippen molar-refractivity contribution in [2.24, 2.45) is 0 Å². The molecular weight excluding hydrogens is 314 g/mol. The van der Waals surface area contributed by atoms with Gasteiger partial charge in [-0.25, -0.2) is 4.79 Å². The van der Waals surface area contributed by atoms with E-state index < -0.39 is 0 Å². The number of carbonyl (C=O) groups excluding carboxylic acids is 1. The highest BCUT2D eigenvalue weighted by Gasteiger charge is 2.22. The molecule has 0 bridgehead atoms. The Labute approximate surface area is 140 Å². The largest absolute Gasteiger partial charge is 0.478 e. The van der Waals surface area contributed by atoms with Gasteiger partial charge >= 0.3 is 6.09 Å². The maximum absolute atomic E-state index is 12.2. The molecule has 0 fully saturated rings. The number of amides is 1. The number of carbonyl (C=O) groups is 1. The first-order valence-electron chi connectivity index (χ1n) is 7.52. The molecule has 0 saturated carbocycles. The van der Waals surface area contributed by atoms with E-state index in [1.54, 1.807) is 4.90 Å². The first-order chi connectivity index (χ1) is 11.3. The lowest BCUT2D eigenvalue weighted by Gasteiger charge is -2.28. The molecule has 1 amide bonds. The summed E-state index contributed by atoms with van der Waals surface area (Å²) < 4.78 is 10.7. The Bertz CT molecular complexity index is 675. The lowest BCUT2D eigenvalue weighted by Crippen LogP contribution is -2.36. The van der Waals surface area contributed by atoms with Gasteiger partial charge in [-0.2, -0.15) is 0 Å². The second-order valence-electron chi connectivity index (χ2n) is 5.40. The fourth-order valence-electron chi connectivity index (χ4n) is 2.65. The lowest BCUT2D eigenvalue weighted by molar-refractivity contribution is 0.0918. The van der Waals surface area contributed by atoms with Crippen LogP contribution in [0.5, 0.6) is 5.75 Å². The molecule has 0 saturated heterocycles. The third kappa shape index (κ3) is 3.96. The van der Waals surface area contributed by atoms with Crippen molar-refractivity contribution in [1.82, 2.24) is 4.90 Å². The Balaban J connectivity index is 1.61. The molecular formula is C18H18ClNO3. The average Bonchev–Trinajstić information content (AvgIpc) is 2.60. The standard InChI is InChI=1S/C18H18ClNO3/c19-13-23-17-7-6-15-8-9-20(11-16(15)10-17)18(21)22-12-14-4-2-1-3-5-14/h1-7,10H,8-9,11-13H2. The third-order valence-corrected chi connectivity index (χ3v) is 3.98. The van der Waals surface area contributed by atoms with Crippen LogP contribution in [0.3, 0.4) is 0 Å². The summed E-state index contributed by atoms with van der Waals surface area (Å²) in [5.41, 5.74) is 3.30. The molecule has 0 radical (unpaired) electrons. The van der Waals surface area contributed by atoms with Crippen molar-refractivity contribution in [1.29, 1.82) is 0 Å². The molecule has 0 aromatic heterocycles. The van der Waals surface area contributed by atoms with Gasteiger partial charge in [0.05, 0.1) is 0 Å². The van der Waals surface area contributed by atoms with E-state index in [1.807, 2.05) is 48.5 Å². The van der Waals surface area contributed by atoms with Crippen LogP contribution in [0.15, 0.2) is 48.5 Å². The summed E-state index contributed by atoms with van der Waals surface area (Å²) in [6.07, 6.45) is 0.528. The SMILES string of the molecule is O=C(OCc1ccccc1)N1CCc2ccc(OCCl)cc2C1. The van der Waals surface area contributed by atoms with Crippen LogP contribution in [-0.4, -0.2) is 23.6 Å². The summed E-state index contributed by atoms with van der Waals surface area (Å²) in [4.78, 5) is 14.0. The lowest BCUT2D eigenvalue weighted by atomic mass is 10.00. The fraction of sp³-hybridized carbons (Fsp3) is 0.278. The summed E-state index contributed by atoms with van der Waals surface area (Å²) in [5, 5.41) is 0. The first kappa shape index (κ1) is 15.7. The van der Waals surface area contributed by atoms with E-state index in [0.29, 0.717) is 19.7 Å². The number of hydrogen-bond acceptors (Lipinski definition) is 3. The minimum atomic E-state index is -0.289. The molecule has 5 heteroatoms. The van der Waals surface area contributed by atoms with Crippen LogP contribution < -0.4 is 4.74 Å². The Hall–Kier alpha value is -2.20. The van der Waals surface area contributed by atoms with E-state index in [4.69, 9.17) is 21.1 Å². The molecule has 0 unspecified atom stereocenters. The number of alkyl halides is 1. The normalized spacial score (nSPS) is 13.3. The molecule has 2 aromatic carbocycles. The molecule has 1 aliphatic rings. The zero-order valence-corrected chi connectivity index (χ0v) is 13.5. The Morgan fingerprint density at radius 3 is 2.74 bits per heavy atom. The number of benzene rings is 2. The first-order valence-corrected chi connectivity index (χ1v) is 8.06. The van der Waals surface area contributed by atoms with Crippen molar-refractivity contribution < 1.29 is 14.3 Å². The van der Waals surface area contributed by atoms with Crippen LogP contribution in [0.25, 0.3) is 0 Å². The Kier molecular flexibility index (Phi) is 5.03. The van der Waals surface area contributed by atoms with Crippen molar-refractivity contribution in [2.45, 2.75) is 19.6 Å². The number of ether oxygens (including phenoxy) is 2. The van der Waals surface area contributed by atoms with Gasteiger partial charge in [-0.15, -0.1) is 0 Å². The van der Waals surface area contributed by atoms with Gasteiger partial charge in [0.1, 0.15) is 12.4 Å². The number of fused-ring (bicyclic) bond motifs is 1. The highest BCUT2D eigenvalue weighted by atomic mass is 35.5. The zero-order chi connectivity index (χ0) is 16.1. The van der Waals surface area contributed by atoms with Gasteiger partial charge in [0.15, 0.2) is 6.07 Å². The van der Waals surface area contributed by atoms with Crippen molar-refractivity contribution in [3.63, 3.8) is 0 Å². The molecule has 3 rings (SSSR count). The van der Waals surface area contributed by atoms with Gasteiger partial charge in [-0.05, 0) is 35.2 Å². The molecule has 0 N–H and O–H groups in total. The highest BCUT2D eigenvalue weighted by molar-refractivity contribution is 6.17. The summed E-state index contributed by atoms with van der Waals surface area (Å²) in [6.45, 7) is 1.48. The molecule has 23 heavy (non-hydrogen) atoms. The molecule has 1 aliphatic heterocycles. The van der Waals surface area contributed by atoms with E-state index in [1.165, 1.54) is 5.56 Å². The zero-order valence-electron chi connectivity index (χ0n) is 12.7. The molecule has 0 atom stereocenters. The maximum Gasteiger partial charge on any atom is 0.410 e. The minimum Gasteiger partial charge on any atom is -0.478 e. The second-order valence-corrected chi connectivity index (χ2v) is 5.61. The Morgan fingerprint density at radius 1 is 1.13 bits per heavy atom. The maximum atomic E-state index is 12.2. The number of rotatable bonds is 4. The van der Waals surface area contributed by atoms with Crippen LogP contribution in [0.2, 0.25) is 0 Å². The smallest absolute Gasteiger partial charge is 0.410 e. The molecule has 0 spiro atoms. The molecule has 0 aliphatic carbocycles. The molecule has 4 nitrogen and oxygen atoms in total. The van der Waals surface area contributed by atoms with Crippen LogP contribution in [0.1, 0.15) is 16.7 Å². The van der Waals surface area contributed by atoms with E-state index in [0.717, 1.165) is 23.3 Å². The van der Waals surface area contributed by atoms with E-state index in [2.05, 4.69) is 0 Å². The third-order valence-electron chi connectivity index (χ3n) is 3.87. The van der Waals surface area contributed by atoms with Crippen LogP contribution in [0, 0.1) is 0 Å². The summed E-state index contributed by atoms with van der Waals surface area (Å²) in [6, 6.07) is 15.7. The fourth-order valence-corrected chi connectivity index (χ4v) is 2.78. The quantitative estimate of drug-likeness (QED) is 0.796. The van der Waals surface area contributed by atoms with Crippen molar-refractivity contribution >= 4 is 17.7 Å². The summed E-state index contributed by atoms with van der Waals surface area (Å²) in [7, 11) is 0. The van der Waals surface area contributed by atoms with E-state index in [9.17, 15) is 4.79 Å². The average molecular weight is 332 g/mol. The van der Waals surface area contributed by atoms with Crippen molar-refractivity contribution in [3.8, 4) is 5.75 Å². The highest BCUT2D eigenvalue weighted by Crippen LogP contribution is 2.24. The molecule has 120 valence electrons. The minimum absolute atomic E-state index is 0.113. The summed E-state index contributed by atoms with van der Waals surface area (Å²) in [5.74, 6) is 0.721. The number of hydrogen-bond donors (Lipinski definition) is 0. The van der Waals surface area contributed by atoms with Crippen LogP contribution in [0.4, 0.5) is 4.79 Å². The van der Waals surface area contributed by atoms with Crippen LogP contribution in [-0.2, 0) is 24.3 Å². The Morgan fingerprint density at radius 2 is 1.96 bits per heavy atom. The molecule has 1 heterocycles. The van der Waals surface area contributed by atoms with Crippen LogP contribution >= 0.6 is 11.6 Å². The van der Waals surface area contributed by atoms with Gasteiger partial charge in [0, 0.05) is 13.1 Å². The van der Waals surface area contributed by atoms with Gasteiger partial charge in [-0.3, -0.25) is 0 Å². The predicted octanol–water partition coefficient (Wildman–Crippen LogP) is 3.96. The topological polar surface area (TPSA) is 38.8 Å². The van der Waals surface area contributed by atoms with E-state index in [-0.39, 0.29) is 12.2 Å². The molecule has 2 aromatic rings. The predicted molar refractivity (Wildman–Crippen MR) is 88.5 cm³/mol. The van der Waals surface area contributed by atoms with Gasteiger partial charge in [-0.1, -0.05) is 48.0 Å². The summed E-state index contributed by atoms with van der Waals surface area (Å²) >= 11 is 5.59. The van der Waals surface area contributed by atoms with Crippen molar-refractivity contribution in [2.75, 3.05) is 12.6 Å². The van der Waals surface area contributed by atoms with Gasteiger partial charge in [0.25, 0.3) is 0 Å². The van der Waals surface area contributed by atoms with E-state index >= 15 is 0 Å². The number of nitrogens with zero attached hydrogens (tertiary/aromatic N) is 1. The second kappa shape index (κ2) is 7.38. The van der Waals surface area contributed by atoms with Crippen molar-refractivity contribution in [3.05, 3.63) is 65.2 Å².